The molecule has 0 radical (unpaired) electrons. The molecule has 0 bridgehead atoms. The number of hydrogen-bond donors (Lipinski definition) is 2. The van der Waals surface area contributed by atoms with Crippen molar-refractivity contribution in [3.63, 3.8) is 0 Å². The Morgan fingerprint density at radius 3 is 2.84 bits per heavy atom. The van der Waals surface area contributed by atoms with Crippen LogP contribution in [0.5, 0.6) is 0 Å². The van der Waals surface area contributed by atoms with E-state index in [1.165, 1.54) is 0 Å². The first-order chi connectivity index (χ1) is 9.13. The predicted molar refractivity (Wildman–Crippen MR) is 74.4 cm³/mol. The van der Waals surface area contributed by atoms with E-state index in [2.05, 4.69) is 36.3 Å². The number of benzene rings is 1. The Labute approximate surface area is 121 Å². The summed E-state index contributed by atoms with van der Waals surface area (Å²) in [7, 11) is 0. The second-order valence-corrected chi connectivity index (χ2v) is 5.02. The molecule has 2 aromatic heterocycles. The summed E-state index contributed by atoms with van der Waals surface area (Å²) in [6.07, 6.45) is 0. The van der Waals surface area contributed by atoms with E-state index in [1.54, 1.807) is 12.1 Å². The largest absolute Gasteiger partial charge is 0.382 e. The van der Waals surface area contributed by atoms with Crippen LogP contribution in [0.25, 0.3) is 23.0 Å². The number of H-pyrrole nitrogens is 1. The second-order valence-electron chi connectivity index (χ2n) is 3.76. The zero-order valence-electron chi connectivity index (χ0n) is 9.39. The van der Waals surface area contributed by atoms with Crippen LogP contribution < -0.4 is 5.73 Å². The molecule has 0 aliphatic rings. The van der Waals surface area contributed by atoms with Gasteiger partial charge in [0.1, 0.15) is 11.5 Å². The SMILES string of the molecule is Nc1cc(-c2nc(-c3ccc(Cl)c(Br)c3)no2)[nH]n1. The Balaban J connectivity index is 1.98. The molecule has 6 nitrogen and oxygen atoms in total. The van der Waals surface area contributed by atoms with Crippen molar-refractivity contribution in [2.45, 2.75) is 0 Å². The van der Waals surface area contributed by atoms with Gasteiger partial charge in [0.25, 0.3) is 5.89 Å². The molecule has 0 aliphatic heterocycles. The van der Waals surface area contributed by atoms with Crippen LogP contribution in [0.4, 0.5) is 5.82 Å². The van der Waals surface area contributed by atoms with Crippen LogP contribution >= 0.6 is 27.5 Å². The van der Waals surface area contributed by atoms with Crippen molar-refractivity contribution in [2.75, 3.05) is 5.73 Å². The number of nitrogens with zero attached hydrogens (tertiary/aromatic N) is 3. The lowest BCUT2D eigenvalue weighted by Gasteiger charge is -1.97. The molecular weight excluding hydrogens is 334 g/mol. The molecule has 0 atom stereocenters. The molecule has 0 saturated carbocycles. The fourth-order valence-electron chi connectivity index (χ4n) is 1.53. The van der Waals surface area contributed by atoms with Crippen molar-refractivity contribution in [1.29, 1.82) is 0 Å². The molecule has 1 aromatic carbocycles. The molecule has 0 unspecified atom stereocenters. The Morgan fingerprint density at radius 1 is 1.32 bits per heavy atom. The van der Waals surface area contributed by atoms with Crippen LogP contribution in [0.1, 0.15) is 0 Å². The van der Waals surface area contributed by atoms with Gasteiger partial charge in [-0.05, 0) is 34.1 Å². The van der Waals surface area contributed by atoms with Crippen LogP contribution in [0.3, 0.4) is 0 Å². The average molecular weight is 341 g/mol. The fourth-order valence-corrected chi connectivity index (χ4v) is 2.03. The second kappa shape index (κ2) is 4.67. The lowest BCUT2D eigenvalue weighted by Crippen LogP contribution is -1.82. The van der Waals surface area contributed by atoms with E-state index in [-0.39, 0.29) is 0 Å². The summed E-state index contributed by atoms with van der Waals surface area (Å²) in [5, 5.41) is 11.0. The molecular formula is C11H7BrClN5O. The molecule has 3 aromatic rings. The van der Waals surface area contributed by atoms with Crippen molar-refractivity contribution < 1.29 is 4.52 Å². The van der Waals surface area contributed by atoms with Gasteiger partial charge in [0.05, 0.1) is 5.02 Å². The normalized spacial score (nSPS) is 10.8. The molecule has 0 aliphatic carbocycles. The average Bonchev–Trinajstić information content (AvgIpc) is 3.01. The number of nitrogen functional groups attached to an aromatic ring is 1. The number of nitrogens with two attached hydrogens (primary N) is 1. The molecule has 0 saturated heterocycles. The Hall–Kier alpha value is -1.86. The first kappa shape index (κ1) is 12.2. The van der Waals surface area contributed by atoms with Gasteiger partial charge in [-0.15, -0.1) is 0 Å². The maximum atomic E-state index is 5.93. The number of aromatic amines is 1. The molecule has 2 heterocycles. The van der Waals surface area contributed by atoms with E-state index >= 15 is 0 Å². The summed E-state index contributed by atoms with van der Waals surface area (Å²) in [5.41, 5.74) is 6.88. The van der Waals surface area contributed by atoms with Gasteiger partial charge in [-0.25, -0.2) is 0 Å². The van der Waals surface area contributed by atoms with Crippen molar-refractivity contribution in [2.24, 2.45) is 0 Å². The molecule has 3 N–H and O–H groups in total. The standard InChI is InChI=1S/C11H7BrClN5O/c12-6-3-5(1-2-7(6)13)10-15-11(19-18-10)8-4-9(14)17-16-8/h1-4H,(H3,14,16,17). The molecule has 96 valence electrons. The first-order valence-corrected chi connectivity index (χ1v) is 6.41. The number of halogens is 2. The fraction of sp³-hybridized carbons (Fsp3) is 0. The van der Waals surface area contributed by atoms with Gasteiger partial charge in [-0.3, -0.25) is 5.10 Å². The number of anilines is 1. The molecule has 8 heteroatoms. The maximum absolute atomic E-state index is 5.93. The third-order valence-corrected chi connectivity index (χ3v) is 3.65. The molecule has 0 spiro atoms. The van der Waals surface area contributed by atoms with Gasteiger partial charge in [0.2, 0.25) is 5.82 Å². The van der Waals surface area contributed by atoms with Gasteiger partial charge >= 0.3 is 0 Å². The summed E-state index contributed by atoms with van der Waals surface area (Å²) in [4.78, 5) is 4.27. The molecule has 0 fully saturated rings. The van der Waals surface area contributed by atoms with Crippen LogP contribution in [-0.2, 0) is 0 Å². The smallest absolute Gasteiger partial charge is 0.276 e. The Morgan fingerprint density at radius 2 is 2.16 bits per heavy atom. The maximum Gasteiger partial charge on any atom is 0.276 e. The summed E-state index contributed by atoms with van der Waals surface area (Å²) < 4.78 is 5.92. The monoisotopic (exact) mass is 339 g/mol. The van der Waals surface area contributed by atoms with E-state index in [4.69, 9.17) is 21.9 Å². The summed E-state index contributed by atoms with van der Waals surface area (Å²) in [6, 6.07) is 7.00. The predicted octanol–water partition coefficient (Wildman–Crippen LogP) is 3.12. The third-order valence-electron chi connectivity index (χ3n) is 2.43. The van der Waals surface area contributed by atoms with Crippen molar-refractivity contribution in [1.82, 2.24) is 20.3 Å². The van der Waals surface area contributed by atoms with Crippen molar-refractivity contribution in [3.8, 4) is 23.0 Å². The van der Waals surface area contributed by atoms with E-state index in [9.17, 15) is 0 Å². The Bertz CT molecular complexity index is 738. The van der Waals surface area contributed by atoms with Gasteiger partial charge in [0.15, 0.2) is 0 Å². The molecule has 3 rings (SSSR count). The van der Waals surface area contributed by atoms with E-state index in [0.717, 1.165) is 10.0 Å². The Kier molecular flexibility index (Phi) is 3.00. The van der Waals surface area contributed by atoms with Gasteiger partial charge < -0.3 is 10.3 Å². The highest BCUT2D eigenvalue weighted by Crippen LogP contribution is 2.28. The van der Waals surface area contributed by atoms with E-state index < -0.39 is 0 Å². The quantitative estimate of drug-likeness (QED) is 0.747. The molecule has 0 amide bonds. The number of aromatic nitrogens is 4. The highest BCUT2D eigenvalue weighted by molar-refractivity contribution is 9.10. The number of hydrogen-bond acceptors (Lipinski definition) is 5. The first-order valence-electron chi connectivity index (χ1n) is 5.24. The van der Waals surface area contributed by atoms with E-state index in [0.29, 0.717) is 28.2 Å². The zero-order chi connectivity index (χ0) is 13.4. The van der Waals surface area contributed by atoms with Crippen molar-refractivity contribution >= 4 is 33.3 Å². The minimum atomic E-state index is 0.324. The van der Waals surface area contributed by atoms with Gasteiger partial charge in [-0.2, -0.15) is 10.1 Å². The van der Waals surface area contributed by atoms with Crippen LogP contribution in [-0.4, -0.2) is 20.3 Å². The van der Waals surface area contributed by atoms with E-state index in [1.807, 2.05) is 12.1 Å². The summed E-state index contributed by atoms with van der Waals surface area (Å²) >= 11 is 9.28. The highest BCUT2D eigenvalue weighted by atomic mass is 79.9. The molecule has 19 heavy (non-hydrogen) atoms. The van der Waals surface area contributed by atoms with Crippen molar-refractivity contribution in [3.05, 3.63) is 33.8 Å². The third kappa shape index (κ3) is 2.34. The number of nitrogens with one attached hydrogen (secondary N) is 1. The van der Waals surface area contributed by atoms with Crippen LogP contribution in [0.15, 0.2) is 33.3 Å². The minimum Gasteiger partial charge on any atom is -0.382 e. The number of rotatable bonds is 2. The summed E-state index contributed by atoms with van der Waals surface area (Å²) in [6.45, 7) is 0. The van der Waals surface area contributed by atoms with Crippen LogP contribution in [0.2, 0.25) is 5.02 Å². The lowest BCUT2D eigenvalue weighted by molar-refractivity contribution is 0.431. The van der Waals surface area contributed by atoms with Gasteiger partial charge in [0, 0.05) is 16.1 Å². The van der Waals surface area contributed by atoms with Crippen LogP contribution in [0, 0.1) is 0 Å². The van der Waals surface area contributed by atoms with Gasteiger partial charge in [-0.1, -0.05) is 16.8 Å². The zero-order valence-corrected chi connectivity index (χ0v) is 11.7. The lowest BCUT2D eigenvalue weighted by atomic mass is 10.2. The summed E-state index contributed by atoms with van der Waals surface area (Å²) in [5.74, 6) is 1.15. The highest BCUT2D eigenvalue weighted by Gasteiger charge is 2.13. The topological polar surface area (TPSA) is 93.6 Å². The minimum absolute atomic E-state index is 0.324.